The average molecular weight is 262 g/mol. The Morgan fingerprint density at radius 2 is 1.89 bits per heavy atom. The number of carbonyl (C=O) groups excluding carboxylic acids is 2. The van der Waals surface area contributed by atoms with Gasteiger partial charge in [0.1, 0.15) is 0 Å². The highest BCUT2D eigenvalue weighted by atomic mass is 16.5. The van der Waals surface area contributed by atoms with Crippen LogP contribution in [0.5, 0.6) is 0 Å². The maximum Gasteiger partial charge on any atom is 0.342 e. The predicted molar refractivity (Wildman–Crippen MR) is 73.5 cm³/mol. The van der Waals surface area contributed by atoms with Crippen LogP contribution in [-0.4, -0.2) is 18.5 Å². The third-order valence-electron chi connectivity index (χ3n) is 1.79. The molecule has 0 N–H and O–H groups in total. The largest absolute Gasteiger partial charge is 0.463 e. The Labute approximate surface area is 113 Å². The molecule has 0 saturated heterocycles. The van der Waals surface area contributed by atoms with Gasteiger partial charge in [-0.2, -0.15) is 0 Å². The Hall–Kier alpha value is -2.36. The first-order valence-corrected chi connectivity index (χ1v) is 5.82. The Balaban J connectivity index is 0.000000362. The zero-order valence-corrected chi connectivity index (χ0v) is 11.2. The van der Waals surface area contributed by atoms with Crippen molar-refractivity contribution in [1.82, 2.24) is 0 Å². The van der Waals surface area contributed by atoms with E-state index in [-0.39, 0.29) is 11.9 Å². The van der Waals surface area contributed by atoms with Gasteiger partial charge in [0.2, 0.25) is 0 Å². The summed E-state index contributed by atoms with van der Waals surface area (Å²) in [6.45, 7) is 7.28. The van der Waals surface area contributed by atoms with Crippen LogP contribution in [-0.2, 0) is 14.3 Å². The summed E-state index contributed by atoms with van der Waals surface area (Å²) >= 11 is 0. The lowest BCUT2D eigenvalue weighted by molar-refractivity contribution is -0.137. The SMILES string of the molecule is C/C=C/C(=O)OCC.C=COC(=O)c1ccccc1. The third-order valence-corrected chi connectivity index (χ3v) is 1.79. The van der Waals surface area contributed by atoms with E-state index in [1.54, 1.807) is 44.2 Å². The summed E-state index contributed by atoms with van der Waals surface area (Å²) in [6, 6.07) is 8.77. The molecule has 0 heterocycles. The summed E-state index contributed by atoms with van der Waals surface area (Å²) in [5.41, 5.74) is 0.535. The van der Waals surface area contributed by atoms with Crippen molar-refractivity contribution in [3.8, 4) is 0 Å². The fourth-order valence-electron chi connectivity index (χ4n) is 1.04. The van der Waals surface area contributed by atoms with Crippen molar-refractivity contribution < 1.29 is 19.1 Å². The molecule has 4 heteroatoms. The van der Waals surface area contributed by atoms with Gasteiger partial charge in [-0.05, 0) is 26.0 Å². The van der Waals surface area contributed by atoms with Crippen molar-refractivity contribution in [2.45, 2.75) is 13.8 Å². The van der Waals surface area contributed by atoms with Crippen molar-refractivity contribution in [2.24, 2.45) is 0 Å². The van der Waals surface area contributed by atoms with Crippen LogP contribution in [0.2, 0.25) is 0 Å². The lowest BCUT2D eigenvalue weighted by Gasteiger charge is -1.96. The van der Waals surface area contributed by atoms with Crippen LogP contribution in [0.15, 0.2) is 55.3 Å². The number of rotatable bonds is 4. The summed E-state index contributed by atoms with van der Waals surface area (Å²) in [5, 5.41) is 0. The molecule has 0 aliphatic heterocycles. The van der Waals surface area contributed by atoms with Gasteiger partial charge in [0.05, 0.1) is 18.4 Å². The van der Waals surface area contributed by atoms with Gasteiger partial charge in [-0.15, -0.1) is 0 Å². The molecular weight excluding hydrogens is 244 g/mol. The van der Waals surface area contributed by atoms with Gasteiger partial charge >= 0.3 is 11.9 Å². The van der Waals surface area contributed by atoms with Crippen LogP contribution in [0.25, 0.3) is 0 Å². The van der Waals surface area contributed by atoms with Crippen LogP contribution in [0.1, 0.15) is 24.2 Å². The first-order chi connectivity index (χ1) is 9.15. The molecule has 0 aromatic heterocycles. The maximum atomic E-state index is 11.0. The first-order valence-electron chi connectivity index (χ1n) is 5.82. The van der Waals surface area contributed by atoms with E-state index in [1.807, 2.05) is 6.07 Å². The molecule has 0 amide bonds. The van der Waals surface area contributed by atoms with Crippen molar-refractivity contribution in [3.05, 3.63) is 60.9 Å². The van der Waals surface area contributed by atoms with E-state index in [0.717, 1.165) is 6.26 Å². The van der Waals surface area contributed by atoms with Crippen LogP contribution < -0.4 is 0 Å². The van der Waals surface area contributed by atoms with E-state index < -0.39 is 0 Å². The molecule has 4 nitrogen and oxygen atoms in total. The molecule has 0 unspecified atom stereocenters. The minimum atomic E-state index is -0.374. The van der Waals surface area contributed by atoms with Crippen molar-refractivity contribution >= 4 is 11.9 Å². The summed E-state index contributed by atoms with van der Waals surface area (Å²) < 4.78 is 9.11. The van der Waals surface area contributed by atoms with Crippen LogP contribution >= 0.6 is 0 Å². The van der Waals surface area contributed by atoms with E-state index >= 15 is 0 Å². The number of ether oxygens (including phenoxy) is 2. The van der Waals surface area contributed by atoms with E-state index in [9.17, 15) is 9.59 Å². The Bertz CT molecular complexity index is 421. The van der Waals surface area contributed by atoms with Gasteiger partial charge in [0.15, 0.2) is 0 Å². The minimum absolute atomic E-state index is 0.269. The van der Waals surface area contributed by atoms with Crippen molar-refractivity contribution in [2.75, 3.05) is 6.61 Å². The number of hydrogen-bond donors (Lipinski definition) is 0. The number of esters is 2. The normalized spacial score (nSPS) is 9.16. The highest BCUT2D eigenvalue weighted by molar-refractivity contribution is 5.89. The molecule has 1 aromatic rings. The number of carbonyl (C=O) groups is 2. The van der Waals surface area contributed by atoms with Gasteiger partial charge in [-0.3, -0.25) is 0 Å². The second-order valence-corrected chi connectivity index (χ2v) is 3.19. The fraction of sp³-hybridized carbons (Fsp3) is 0.200. The monoisotopic (exact) mass is 262 g/mol. The topological polar surface area (TPSA) is 52.6 Å². The second-order valence-electron chi connectivity index (χ2n) is 3.19. The maximum absolute atomic E-state index is 11.0. The average Bonchev–Trinajstić information content (AvgIpc) is 2.41. The lowest BCUT2D eigenvalue weighted by Crippen LogP contribution is -1.98. The molecule has 0 bridgehead atoms. The smallest absolute Gasteiger partial charge is 0.342 e. The molecule has 0 saturated carbocycles. The number of allylic oxidation sites excluding steroid dienone is 1. The zero-order valence-electron chi connectivity index (χ0n) is 11.2. The molecule has 0 aliphatic rings. The van der Waals surface area contributed by atoms with Crippen LogP contribution in [0.4, 0.5) is 0 Å². The van der Waals surface area contributed by atoms with Gasteiger partial charge in [-0.25, -0.2) is 9.59 Å². The Morgan fingerprint density at radius 1 is 1.26 bits per heavy atom. The molecule has 0 radical (unpaired) electrons. The Kier molecular flexibility index (Phi) is 9.43. The van der Waals surface area contributed by atoms with Crippen molar-refractivity contribution in [3.63, 3.8) is 0 Å². The van der Waals surface area contributed by atoms with E-state index in [0.29, 0.717) is 12.2 Å². The molecular formula is C15H18O4. The van der Waals surface area contributed by atoms with Gasteiger partial charge in [-0.1, -0.05) is 30.9 Å². The summed E-state index contributed by atoms with van der Waals surface area (Å²) in [6.07, 6.45) is 4.16. The zero-order chi connectivity index (χ0) is 14.5. The van der Waals surface area contributed by atoms with Gasteiger partial charge < -0.3 is 9.47 Å². The molecule has 102 valence electrons. The predicted octanol–water partition coefficient (Wildman–Crippen LogP) is 3.11. The molecule has 1 rings (SSSR count). The molecule has 1 aromatic carbocycles. The molecule has 0 fully saturated rings. The number of hydrogen-bond acceptors (Lipinski definition) is 4. The minimum Gasteiger partial charge on any atom is -0.463 e. The van der Waals surface area contributed by atoms with Crippen molar-refractivity contribution in [1.29, 1.82) is 0 Å². The van der Waals surface area contributed by atoms with Gasteiger partial charge in [0, 0.05) is 6.08 Å². The van der Waals surface area contributed by atoms with Crippen LogP contribution in [0, 0.1) is 0 Å². The molecule has 0 aliphatic carbocycles. The van der Waals surface area contributed by atoms with Crippen LogP contribution in [0.3, 0.4) is 0 Å². The van der Waals surface area contributed by atoms with Gasteiger partial charge in [0.25, 0.3) is 0 Å². The summed E-state index contributed by atoms with van der Waals surface area (Å²) in [5.74, 6) is -0.643. The summed E-state index contributed by atoms with van der Waals surface area (Å²) in [7, 11) is 0. The molecule has 0 spiro atoms. The molecule has 19 heavy (non-hydrogen) atoms. The highest BCUT2D eigenvalue weighted by Crippen LogP contribution is 2.00. The number of benzene rings is 1. The van der Waals surface area contributed by atoms with E-state index in [2.05, 4.69) is 16.1 Å². The summed E-state index contributed by atoms with van der Waals surface area (Å²) in [4.78, 5) is 21.3. The second kappa shape index (κ2) is 10.8. The quantitative estimate of drug-likeness (QED) is 0.475. The molecule has 0 atom stereocenters. The Morgan fingerprint density at radius 3 is 2.37 bits per heavy atom. The first kappa shape index (κ1) is 16.6. The van der Waals surface area contributed by atoms with E-state index in [1.165, 1.54) is 6.08 Å². The lowest BCUT2D eigenvalue weighted by atomic mass is 10.2. The third kappa shape index (κ3) is 8.37. The highest BCUT2D eigenvalue weighted by Gasteiger charge is 2.01. The fourth-order valence-corrected chi connectivity index (χ4v) is 1.04. The van der Waals surface area contributed by atoms with E-state index in [4.69, 9.17) is 0 Å². The standard InChI is InChI=1S/C9H8O2.C6H10O2/c1-2-11-9(10)8-6-4-3-5-7-8;1-3-5-6(7)8-4-2/h2-7H,1H2;3,5H,4H2,1-2H3/b;5-3+.